The van der Waals surface area contributed by atoms with E-state index in [1.165, 1.54) is 11.3 Å². The van der Waals surface area contributed by atoms with Crippen molar-refractivity contribution in [2.24, 2.45) is 0 Å². The zero-order chi connectivity index (χ0) is 15.1. The Morgan fingerprint density at radius 3 is 2.35 bits per heavy atom. The summed E-state index contributed by atoms with van der Waals surface area (Å²) in [5, 5.41) is 10.9. The standard InChI is InChI=1S/C13H11F4NOS/c1-6-12(20-7(2)18-6)11(19)8-3-4-9(10(14)5-8)13(15,16)17/h3-5,11,19H,1-2H3. The summed E-state index contributed by atoms with van der Waals surface area (Å²) in [7, 11) is 0. The summed E-state index contributed by atoms with van der Waals surface area (Å²) in [6, 6.07) is 2.42. The van der Waals surface area contributed by atoms with Crippen molar-refractivity contribution in [1.82, 2.24) is 4.98 Å². The highest BCUT2D eigenvalue weighted by Crippen LogP contribution is 2.35. The van der Waals surface area contributed by atoms with Crippen molar-refractivity contribution in [3.63, 3.8) is 0 Å². The molecule has 7 heteroatoms. The fourth-order valence-corrected chi connectivity index (χ4v) is 2.83. The molecule has 0 saturated heterocycles. The molecule has 2 aromatic rings. The maximum absolute atomic E-state index is 13.5. The molecule has 2 rings (SSSR count). The highest BCUT2D eigenvalue weighted by Gasteiger charge is 2.34. The third-order valence-electron chi connectivity index (χ3n) is 2.80. The highest BCUT2D eigenvalue weighted by molar-refractivity contribution is 7.11. The number of benzene rings is 1. The summed E-state index contributed by atoms with van der Waals surface area (Å²) in [4.78, 5) is 4.62. The smallest absolute Gasteiger partial charge is 0.383 e. The van der Waals surface area contributed by atoms with Crippen LogP contribution in [0.1, 0.15) is 32.8 Å². The third kappa shape index (κ3) is 2.83. The molecule has 1 N–H and O–H groups in total. The molecule has 0 aliphatic heterocycles. The highest BCUT2D eigenvalue weighted by atomic mass is 32.1. The predicted octanol–water partition coefficient (Wildman–Crippen LogP) is 4.00. The summed E-state index contributed by atoms with van der Waals surface area (Å²) in [5.74, 6) is -1.40. The number of alkyl halides is 3. The lowest BCUT2D eigenvalue weighted by Gasteiger charge is -2.13. The van der Waals surface area contributed by atoms with E-state index in [0.29, 0.717) is 22.7 Å². The van der Waals surface area contributed by atoms with Crippen LogP contribution in [0.25, 0.3) is 0 Å². The molecule has 0 bridgehead atoms. The molecule has 2 nitrogen and oxygen atoms in total. The average molecular weight is 305 g/mol. The number of aliphatic hydroxyl groups is 1. The van der Waals surface area contributed by atoms with Crippen LogP contribution < -0.4 is 0 Å². The van der Waals surface area contributed by atoms with Gasteiger partial charge in [0.2, 0.25) is 0 Å². The van der Waals surface area contributed by atoms with Gasteiger partial charge in [0.25, 0.3) is 0 Å². The number of thiazole rings is 1. The lowest BCUT2D eigenvalue weighted by Crippen LogP contribution is -2.09. The molecule has 0 radical (unpaired) electrons. The van der Waals surface area contributed by atoms with E-state index in [0.717, 1.165) is 11.1 Å². The van der Waals surface area contributed by atoms with Crippen LogP contribution in [0.3, 0.4) is 0 Å². The molecule has 1 unspecified atom stereocenters. The molecular weight excluding hydrogens is 294 g/mol. The van der Waals surface area contributed by atoms with E-state index in [1.807, 2.05) is 0 Å². The first-order chi connectivity index (χ1) is 9.20. The summed E-state index contributed by atoms with van der Waals surface area (Å²) in [6.45, 7) is 3.43. The molecule has 0 saturated carbocycles. The van der Waals surface area contributed by atoms with Gasteiger partial charge in [0.05, 0.1) is 21.1 Å². The van der Waals surface area contributed by atoms with Gasteiger partial charge in [0, 0.05) is 0 Å². The minimum Gasteiger partial charge on any atom is -0.383 e. The van der Waals surface area contributed by atoms with Gasteiger partial charge in [-0.15, -0.1) is 11.3 Å². The molecule has 108 valence electrons. The molecule has 1 atom stereocenters. The topological polar surface area (TPSA) is 33.1 Å². The van der Waals surface area contributed by atoms with Crippen molar-refractivity contribution < 1.29 is 22.7 Å². The van der Waals surface area contributed by atoms with Gasteiger partial charge in [-0.2, -0.15) is 13.2 Å². The molecule has 0 amide bonds. The number of aryl methyl sites for hydroxylation is 2. The number of hydrogen-bond acceptors (Lipinski definition) is 3. The fourth-order valence-electron chi connectivity index (χ4n) is 1.88. The molecule has 1 aromatic carbocycles. The molecule has 1 aromatic heterocycles. The van der Waals surface area contributed by atoms with Crippen molar-refractivity contribution in [1.29, 1.82) is 0 Å². The average Bonchev–Trinajstić information content (AvgIpc) is 2.65. The van der Waals surface area contributed by atoms with Crippen LogP contribution >= 0.6 is 11.3 Å². The van der Waals surface area contributed by atoms with Crippen LogP contribution in [0.15, 0.2) is 18.2 Å². The van der Waals surface area contributed by atoms with Gasteiger partial charge in [-0.1, -0.05) is 6.07 Å². The molecule has 0 aliphatic rings. The van der Waals surface area contributed by atoms with Gasteiger partial charge >= 0.3 is 6.18 Å². The Hall–Kier alpha value is -1.47. The summed E-state index contributed by atoms with van der Waals surface area (Å²) < 4.78 is 50.9. The van der Waals surface area contributed by atoms with Gasteiger partial charge in [0.15, 0.2) is 0 Å². The van der Waals surface area contributed by atoms with Crippen LogP contribution in [-0.2, 0) is 6.18 Å². The van der Waals surface area contributed by atoms with Crippen molar-refractivity contribution in [3.8, 4) is 0 Å². The molecule has 0 aliphatic carbocycles. The van der Waals surface area contributed by atoms with Crippen LogP contribution in [0, 0.1) is 19.7 Å². The van der Waals surface area contributed by atoms with Crippen LogP contribution in [0.2, 0.25) is 0 Å². The fraction of sp³-hybridized carbons (Fsp3) is 0.308. The second-order valence-electron chi connectivity index (χ2n) is 4.32. The number of hydrogen-bond donors (Lipinski definition) is 1. The van der Waals surface area contributed by atoms with E-state index < -0.39 is 23.7 Å². The van der Waals surface area contributed by atoms with Gasteiger partial charge in [0.1, 0.15) is 11.9 Å². The normalized spacial score (nSPS) is 13.6. The van der Waals surface area contributed by atoms with Crippen LogP contribution in [0.4, 0.5) is 17.6 Å². The van der Waals surface area contributed by atoms with Crippen LogP contribution in [-0.4, -0.2) is 10.1 Å². The Kier molecular flexibility index (Phi) is 3.84. The SMILES string of the molecule is Cc1nc(C)c(C(O)c2ccc(C(F)(F)F)c(F)c2)s1. The van der Waals surface area contributed by atoms with Crippen LogP contribution in [0.5, 0.6) is 0 Å². The van der Waals surface area contributed by atoms with E-state index in [-0.39, 0.29) is 5.56 Å². The zero-order valence-corrected chi connectivity index (χ0v) is 11.4. The minimum atomic E-state index is -4.75. The quantitative estimate of drug-likeness (QED) is 0.851. The van der Waals surface area contributed by atoms with Gasteiger partial charge in [-0.3, -0.25) is 0 Å². The lowest BCUT2D eigenvalue weighted by molar-refractivity contribution is -0.140. The Morgan fingerprint density at radius 2 is 1.90 bits per heavy atom. The largest absolute Gasteiger partial charge is 0.419 e. The van der Waals surface area contributed by atoms with Gasteiger partial charge in [-0.25, -0.2) is 9.37 Å². The van der Waals surface area contributed by atoms with Crippen molar-refractivity contribution >= 4 is 11.3 Å². The maximum Gasteiger partial charge on any atom is 0.419 e. The summed E-state index contributed by atoms with van der Waals surface area (Å²) in [6.07, 6.45) is -5.93. The zero-order valence-electron chi connectivity index (χ0n) is 10.6. The molecule has 0 fully saturated rings. The predicted molar refractivity (Wildman–Crippen MR) is 67.1 cm³/mol. The summed E-state index contributed by atoms with van der Waals surface area (Å²) in [5.41, 5.74) is -0.687. The van der Waals surface area contributed by atoms with E-state index in [1.54, 1.807) is 13.8 Å². The molecule has 20 heavy (non-hydrogen) atoms. The van der Waals surface area contributed by atoms with E-state index >= 15 is 0 Å². The second kappa shape index (κ2) is 5.14. The monoisotopic (exact) mass is 305 g/mol. The molecule has 1 heterocycles. The minimum absolute atomic E-state index is 0.0715. The van der Waals surface area contributed by atoms with Gasteiger partial charge in [-0.05, 0) is 31.5 Å². The van der Waals surface area contributed by atoms with Crippen molar-refractivity contribution in [2.45, 2.75) is 26.1 Å². The van der Waals surface area contributed by atoms with E-state index in [9.17, 15) is 22.7 Å². The van der Waals surface area contributed by atoms with Crippen molar-refractivity contribution in [3.05, 3.63) is 50.7 Å². The number of rotatable bonds is 2. The third-order valence-corrected chi connectivity index (χ3v) is 3.93. The first-order valence-corrected chi connectivity index (χ1v) is 6.50. The Morgan fingerprint density at radius 1 is 1.25 bits per heavy atom. The first-order valence-electron chi connectivity index (χ1n) is 5.68. The Labute approximate surface area is 116 Å². The number of halogens is 4. The molecule has 0 spiro atoms. The second-order valence-corrected chi connectivity index (χ2v) is 5.56. The van der Waals surface area contributed by atoms with Gasteiger partial charge < -0.3 is 5.11 Å². The Bertz CT molecular complexity index is 636. The Balaban J connectivity index is 2.39. The first kappa shape index (κ1) is 14.9. The lowest BCUT2D eigenvalue weighted by atomic mass is 10.0. The van der Waals surface area contributed by atoms with E-state index in [2.05, 4.69) is 4.98 Å². The number of aliphatic hydroxyl groups excluding tert-OH is 1. The molecular formula is C13H11F4NOS. The maximum atomic E-state index is 13.5. The van der Waals surface area contributed by atoms with E-state index in [4.69, 9.17) is 0 Å². The number of aromatic nitrogens is 1. The van der Waals surface area contributed by atoms with Crippen molar-refractivity contribution in [2.75, 3.05) is 0 Å². The summed E-state index contributed by atoms with van der Waals surface area (Å²) >= 11 is 1.23. The number of nitrogens with zero attached hydrogens (tertiary/aromatic N) is 1.